The number of aromatic amines is 1. The van der Waals surface area contributed by atoms with Gasteiger partial charge >= 0.3 is 0 Å². The number of carbonyl (C=O) groups is 1. The first kappa shape index (κ1) is 22.5. The summed E-state index contributed by atoms with van der Waals surface area (Å²) in [6.45, 7) is 5.27. The largest absolute Gasteiger partial charge is 0.384 e. The molecule has 2 aromatic rings. The van der Waals surface area contributed by atoms with Gasteiger partial charge in [-0.15, -0.1) is 0 Å². The lowest BCUT2D eigenvalue weighted by Gasteiger charge is -2.29. The number of aromatic nitrogens is 2. The highest BCUT2D eigenvalue weighted by atomic mass is 127. The van der Waals surface area contributed by atoms with Crippen molar-refractivity contribution in [1.29, 1.82) is 5.26 Å². The summed E-state index contributed by atoms with van der Waals surface area (Å²) >= 11 is 2.41. The molecule has 0 saturated heterocycles. The van der Waals surface area contributed by atoms with Crippen LogP contribution >= 0.6 is 22.6 Å². The Kier molecular flexibility index (Phi) is 7.32. The third-order valence-electron chi connectivity index (χ3n) is 5.37. The van der Waals surface area contributed by atoms with E-state index in [4.69, 9.17) is 10.00 Å². The van der Waals surface area contributed by atoms with Crippen LogP contribution in [0.1, 0.15) is 60.5 Å². The van der Waals surface area contributed by atoms with Gasteiger partial charge in [0.2, 0.25) is 0 Å². The normalized spacial score (nSPS) is 16.4. The van der Waals surface area contributed by atoms with E-state index in [9.17, 15) is 4.79 Å². The number of hydrogen-bond acceptors (Lipinski definition) is 4. The minimum atomic E-state index is -0.353. The van der Waals surface area contributed by atoms with Crippen LogP contribution in [0.15, 0.2) is 30.5 Å². The van der Waals surface area contributed by atoms with Gasteiger partial charge in [0.05, 0.1) is 12.8 Å². The molecule has 3 rings (SSSR count). The first-order chi connectivity index (χ1) is 14.3. The van der Waals surface area contributed by atoms with E-state index in [1.807, 2.05) is 12.1 Å². The molecule has 158 valence electrons. The summed E-state index contributed by atoms with van der Waals surface area (Å²) in [5.41, 5.74) is 4.87. The number of nitrogens with zero attached hydrogens (tertiary/aromatic N) is 2. The fourth-order valence-corrected chi connectivity index (χ4v) is 4.45. The number of amides is 1. The van der Waals surface area contributed by atoms with Crippen molar-refractivity contribution < 1.29 is 9.53 Å². The smallest absolute Gasteiger partial charge is 0.291 e. The number of H-pyrrole nitrogens is 1. The first-order valence-electron chi connectivity index (χ1n) is 10.0. The summed E-state index contributed by atoms with van der Waals surface area (Å²) in [6.07, 6.45) is 7.67. The maximum absolute atomic E-state index is 12.7. The van der Waals surface area contributed by atoms with Gasteiger partial charge in [0.1, 0.15) is 11.8 Å². The molecule has 7 heteroatoms. The molecule has 30 heavy (non-hydrogen) atoms. The molecule has 1 atom stereocenters. The molecule has 0 saturated carbocycles. The van der Waals surface area contributed by atoms with Gasteiger partial charge in [-0.05, 0) is 54.4 Å². The number of halogens is 1. The van der Waals surface area contributed by atoms with Gasteiger partial charge in [0.25, 0.3) is 5.91 Å². The number of rotatable bonds is 7. The Morgan fingerprint density at radius 1 is 1.47 bits per heavy atom. The van der Waals surface area contributed by atoms with Crippen LogP contribution in [-0.4, -0.2) is 33.5 Å². The predicted molar refractivity (Wildman–Crippen MR) is 127 cm³/mol. The lowest BCUT2D eigenvalue weighted by atomic mass is 9.76. The lowest BCUT2D eigenvalue weighted by molar-refractivity contribution is 0.101. The number of imidazole rings is 1. The molecule has 1 amide bonds. The SMILES string of the molecule is COCC(I)Cc1ccc(NC(=O)c2ncc(C#N)[nH]2)c(C2=CCC(C)(C)CC2)c1. The zero-order chi connectivity index (χ0) is 21.7. The molecule has 0 bridgehead atoms. The molecule has 2 N–H and O–H groups in total. The monoisotopic (exact) mass is 518 g/mol. The van der Waals surface area contributed by atoms with Crippen molar-refractivity contribution in [2.24, 2.45) is 5.41 Å². The van der Waals surface area contributed by atoms with Gasteiger partial charge in [0, 0.05) is 22.3 Å². The predicted octanol–water partition coefficient (Wildman–Crippen LogP) is 5.12. The number of hydrogen-bond donors (Lipinski definition) is 2. The molecule has 1 aliphatic rings. The van der Waals surface area contributed by atoms with Crippen LogP contribution in [0.2, 0.25) is 0 Å². The summed E-state index contributed by atoms with van der Waals surface area (Å²) in [6, 6.07) is 8.16. The third-order valence-corrected chi connectivity index (χ3v) is 6.17. The van der Waals surface area contributed by atoms with E-state index in [1.54, 1.807) is 7.11 Å². The number of nitrogens with one attached hydrogen (secondary N) is 2. The Morgan fingerprint density at radius 3 is 2.90 bits per heavy atom. The third kappa shape index (κ3) is 5.70. The number of carbonyl (C=O) groups excluding carboxylic acids is 1. The number of ether oxygens (including phenoxy) is 1. The lowest BCUT2D eigenvalue weighted by Crippen LogP contribution is -2.17. The average molecular weight is 518 g/mol. The molecular weight excluding hydrogens is 491 g/mol. The molecule has 1 unspecified atom stereocenters. The Hall–Kier alpha value is -2.18. The molecule has 0 fully saturated rings. The summed E-state index contributed by atoms with van der Waals surface area (Å²) in [5, 5.41) is 11.9. The van der Waals surface area contributed by atoms with Crippen molar-refractivity contribution in [3.63, 3.8) is 0 Å². The zero-order valence-electron chi connectivity index (χ0n) is 17.6. The second-order valence-corrected chi connectivity index (χ2v) is 10.2. The van der Waals surface area contributed by atoms with Gasteiger partial charge in [-0.1, -0.05) is 48.6 Å². The molecule has 1 aromatic carbocycles. The average Bonchev–Trinajstić information content (AvgIpc) is 3.19. The van der Waals surface area contributed by atoms with E-state index >= 15 is 0 Å². The molecule has 0 spiro atoms. The molecule has 6 nitrogen and oxygen atoms in total. The fourth-order valence-electron chi connectivity index (χ4n) is 3.58. The Morgan fingerprint density at radius 2 is 2.27 bits per heavy atom. The van der Waals surface area contributed by atoms with Crippen LogP contribution in [0.5, 0.6) is 0 Å². The number of benzene rings is 1. The minimum Gasteiger partial charge on any atom is -0.384 e. The molecule has 1 aromatic heterocycles. The highest BCUT2D eigenvalue weighted by Crippen LogP contribution is 2.40. The Bertz CT molecular complexity index is 987. The molecule has 0 radical (unpaired) electrons. The number of anilines is 1. The highest BCUT2D eigenvalue weighted by molar-refractivity contribution is 14.1. The molecule has 1 aliphatic carbocycles. The fraction of sp³-hybridized carbons (Fsp3) is 0.435. The second-order valence-electron chi connectivity index (χ2n) is 8.45. The van der Waals surface area contributed by atoms with Crippen LogP contribution in [0.25, 0.3) is 5.57 Å². The summed E-state index contributed by atoms with van der Waals surface area (Å²) in [4.78, 5) is 19.4. The molecular formula is C23H27IN4O2. The van der Waals surface area contributed by atoms with Crippen molar-refractivity contribution in [2.75, 3.05) is 19.0 Å². The van der Waals surface area contributed by atoms with Crippen LogP contribution in [0.3, 0.4) is 0 Å². The first-order valence-corrected chi connectivity index (χ1v) is 11.3. The standard InChI is InChI=1S/C23H27IN4O2/c1-23(2)8-6-16(7-9-23)19-11-15(10-17(24)14-30-3)4-5-20(19)28-22(29)21-26-13-18(12-25)27-21/h4-6,11,13,17H,7-10,14H2,1-3H3,(H,26,27)(H,28,29). The maximum Gasteiger partial charge on any atom is 0.291 e. The van der Waals surface area contributed by atoms with Gasteiger partial charge in [-0.3, -0.25) is 4.79 Å². The van der Waals surface area contributed by atoms with Crippen molar-refractivity contribution in [3.8, 4) is 6.07 Å². The van der Waals surface area contributed by atoms with Gasteiger partial charge in [-0.25, -0.2) is 4.98 Å². The highest BCUT2D eigenvalue weighted by Gasteiger charge is 2.24. The van der Waals surface area contributed by atoms with E-state index in [1.165, 1.54) is 17.3 Å². The summed E-state index contributed by atoms with van der Waals surface area (Å²) < 4.78 is 5.65. The van der Waals surface area contributed by atoms with E-state index < -0.39 is 0 Å². The topological polar surface area (TPSA) is 90.8 Å². The number of allylic oxidation sites excluding steroid dienone is 2. The van der Waals surface area contributed by atoms with E-state index in [2.05, 4.69) is 69.9 Å². The van der Waals surface area contributed by atoms with Gasteiger partial charge in [-0.2, -0.15) is 5.26 Å². The second kappa shape index (κ2) is 9.75. The van der Waals surface area contributed by atoms with Crippen molar-refractivity contribution in [2.45, 2.75) is 43.5 Å². The quantitative estimate of drug-likeness (QED) is 0.393. The Labute approximate surface area is 191 Å². The van der Waals surface area contributed by atoms with Crippen LogP contribution in [0.4, 0.5) is 5.69 Å². The maximum atomic E-state index is 12.7. The summed E-state index contributed by atoms with van der Waals surface area (Å²) in [5.74, 6) is -0.221. The Balaban J connectivity index is 1.90. The van der Waals surface area contributed by atoms with E-state index in [-0.39, 0.29) is 17.4 Å². The van der Waals surface area contributed by atoms with Crippen molar-refractivity contribution in [1.82, 2.24) is 9.97 Å². The van der Waals surface area contributed by atoms with Crippen molar-refractivity contribution >= 4 is 39.8 Å². The minimum absolute atomic E-state index is 0.132. The van der Waals surface area contributed by atoms with Crippen LogP contribution in [0, 0.1) is 16.7 Å². The molecule has 1 heterocycles. The van der Waals surface area contributed by atoms with Crippen LogP contribution < -0.4 is 5.32 Å². The summed E-state index contributed by atoms with van der Waals surface area (Å²) in [7, 11) is 1.72. The van der Waals surface area contributed by atoms with Gasteiger partial charge < -0.3 is 15.0 Å². The molecule has 0 aliphatic heterocycles. The zero-order valence-corrected chi connectivity index (χ0v) is 19.7. The number of methoxy groups -OCH3 is 1. The van der Waals surface area contributed by atoms with Gasteiger partial charge in [0.15, 0.2) is 5.82 Å². The van der Waals surface area contributed by atoms with E-state index in [0.29, 0.717) is 15.9 Å². The number of alkyl halides is 1. The van der Waals surface area contributed by atoms with E-state index in [0.717, 1.165) is 36.9 Å². The van der Waals surface area contributed by atoms with Crippen LogP contribution in [-0.2, 0) is 11.2 Å². The van der Waals surface area contributed by atoms with Crippen molar-refractivity contribution in [3.05, 3.63) is 53.1 Å². The number of nitriles is 1.